The lowest BCUT2D eigenvalue weighted by atomic mass is 9.95. The van der Waals surface area contributed by atoms with Gasteiger partial charge in [0.15, 0.2) is 0 Å². The van der Waals surface area contributed by atoms with Crippen LogP contribution in [0.25, 0.3) is 5.57 Å². The zero-order valence-electron chi connectivity index (χ0n) is 15.5. The van der Waals surface area contributed by atoms with Crippen molar-refractivity contribution in [3.8, 4) is 0 Å². The van der Waals surface area contributed by atoms with Crippen LogP contribution >= 0.6 is 0 Å². The van der Waals surface area contributed by atoms with E-state index in [1.807, 2.05) is 7.05 Å². The minimum Gasteiger partial charge on any atom is -0.359 e. The van der Waals surface area contributed by atoms with Gasteiger partial charge in [-0.1, -0.05) is 31.2 Å². The van der Waals surface area contributed by atoms with Crippen LogP contribution in [-0.2, 0) is 0 Å². The third kappa shape index (κ3) is 5.08. The van der Waals surface area contributed by atoms with E-state index in [-0.39, 0.29) is 0 Å². The van der Waals surface area contributed by atoms with Gasteiger partial charge in [0.05, 0.1) is 0 Å². The van der Waals surface area contributed by atoms with Gasteiger partial charge in [-0.3, -0.25) is 0 Å². The molecule has 2 rings (SSSR count). The number of anilines is 1. The predicted molar refractivity (Wildman–Crippen MR) is 106 cm³/mol. The van der Waals surface area contributed by atoms with Gasteiger partial charge in [-0.15, -0.1) is 0 Å². The first kappa shape index (κ1) is 18.5. The van der Waals surface area contributed by atoms with E-state index in [0.29, 0.717) is 0 Å². The highest BCUT2D eigenvalue weighted by atomic mass is 14.9. The van der Waals surface area contributed by atoms with Crippen LogP contribution < -0.4 is 16.0 Å². The zero-order valence-corrected chi connectivity index (χ0v) is 15.5. The molecule has 1 aliphatic heterocycles. The van der Waals surface area contributed by atoms with Crippen molar-refractivity contribution in [3.05, 3.63) is 58.8 Å². The Bertz CT molecular complexity index is 638. The fourth-order valence-electron chi connectivity index (χ4n) is 3.03. The van der Waals surface area contributed by atoms with E-state index in [1.54, 1.807) is 0 Å². The van der Waals surface area contributed by atoms with Gasteiger partial charge in [0.25, 0.3) is 0 Å². The average molecular weight is 326 g/mol. The van der Waals surface area contributed by atoms with Crippen molar-refractivity contribution in [1.29, 1.82) is 0 Å². The van der Waals surface area contributed by atoms with Crippen molar-refractivity contribution in [2.24, 2.45) is 0 Å². The van der Waals surface area contributed by atoms with E-state index in [0.717, 1.165) is 38.2 Å². The number of hydrogen-bond donors (Lipinski definition) is 3. The van der Waals surface area contributed by atoms with Crippen LogP contribution in [0.2, 0.25) is 0 Å². The summed E-state index contributed by atoms with van der Waals surface area (Å²) < 4.78 is 0. The van der Waals surface area contributed by atoms with Crippen LogP contribution in [0.5, 0.6) is 0 Å². The molecule has 3 N–H and O–H groups in total. The Morgan fingerprint density at radius 3 is 2.79 bits per heavy atom. The highest BCUT2D eigenvalue weighted by Crippen LogP contribution is 2.26. The number of hydrogen-bond acceptors (Lipinski definition) is 3. The molecule has 1 aliphatic rings. The smallest absolute Gasteiger partial charge is 0.0384 e. The summed E-state index contributed by atoms with van der Waals surface area (Å²) in [5, 5.41) is 10.2. The normalized spacial score (nSPS) is 16.1. The van der Waals surface area contributed by atoms with Crippen molar-refractivity contribution < 1.29 is 0 Å². The van der Waals surface area contributed by atoms with Gasteiger partial charge in [-0.25, -0.2) is 0 Å². The second-order valence-corrected chi connectivity index (χ2v) is 6.33. The third-order valence-corrected chi connectivity index (χ3v) is 4.37. The molecule has 0 fully saturated rings. The van der Waals surface area contributed by atoms with Gasteiger partial charge in [0.2, 0.25) is 0 Å². The standard InChI is InChI=1S/C21H31N3/c1-5-6-7-19(15-22-4)17(3)24-20-8-9-21(16(2)14-20)18-10-12-23-13-11-18/h6-10,14,22-24H,5,11-13,15H2,1-4H3/b7-6-,19-17+. The molecule has 0 spiro atoms. The highest BCUT2D eigenvalue weighted by molar-refractivity contribution is 5.71. The summed E-state index contributed by atoms with van der Waals surface area (Å²) in [6.45, 7) is 9.43. The summed E-state index contributed by atoms with van der Waals surface area (Å²) in [6, 6.07) is 6.69. The van der Waals surface area contributed by atoms with Gasteiger partial charge in [-0.05, 0) is 74.7 Å². The molecule has 3 heteroatoms. The molecular weight excluding hydrogens is 294 g/mol. The van der Waals surface area contributed by atoms with E-state index in [1.165, 1.54) is 28.0 Å². The molecule has 0 unspecified atom stereocenters. The molecule has 1 aromatic carbocycles. The Morgan fingerprint density at radius 1 is 1.33 bits per heavy atom. The third-order valence-electron chi connectivity index (χ3n) is 4.37. The minimum atomic E-state index is 0.867. The number of nitrogens with one attached hydrogen (secondary N) is 3. The molecule has 0 amide bonds. The fraction of sp³-hybridized carbons (Fsp3) is 0.429. The van der Waals surface area contributed by atoms with Crippen LogP contribution in [-0.4, -0.2) is 26.7 Å². The second-order valence-electron chi connectivity index (χ2n) is 6.33. The maximum Gasteiger partial charge on any atom is 0.0384 e. The van der Waals surface area contributed by atoms with E-state index >= 15 is 0 Å². The summed E-state index contributed by atoms with van der Waals surface area (Å²) in [5.41, 5.74) is 7.82. The average Bonchev–Trinajstić information content (AvgIpc) is 2.59. The lowest BCUT2D eigenvalue weighted by Gasteiger charge is -2.18. The van der Waals surface area contributed by atoms with Crippen molar-refractivity contribution in [2.75, 3.05) is 32.0 Å². The Kier molecular flexibility index (Phi) is 7.29. The van der Waals surface area contributed by atoms with Crippen LogP contribution in [0.15, 0.2) is 47.7 Å². The first-order chi connectivity index (χ1) is 11.7. The number of likely N-dealkylation sites (N-methyl/N-ethyl adjacent to an activating group) is 1. The molecule has 1 aromatic rings. The summed E-state index contributed by atoms with van der Waals surface area (Å²) in [6.07, 6.45) is 8.89. The molecule has 24 heavy (non-hydrogen) atoms. The van der Waals surface area contributed by atoms with Crippen LogP contribution in [0.1, 0.15) is 37.8 Å². The van der Waals surface area contributed by atoms with E-state index in [2.05, 4.69) is 73.1 Å². The Labute approximate surface area is 146 Å². The van der Waals surface area contributed by atoms with Crippen molar-refractivity contribution in [3.63, 3.8) is 0 Å². The van der Waals surface area contributed by atoms with Crippen LogP contribution in [0.4, 0.5) is 5.69 Å². The molecule has 3 nitrogen and oxygen atoms in total. The Balaban J connectivity index is 2.18. The fourth-order valence-corrected chi connectivity index (χ4v) is 3.03. The lowest BCUT2D eigenvalue weighted by Crippen LogP contribution is -2.20. The predicted octanol–water partition coefficient (Wildman–Crippen LogP) is 4.24. The first-order valence-electron chi connectivity index (χ1n) is 8.94. The summed E-state index contributed by atoms with van der Waals surface area (Å²) in [4.78, 5) is 0. The molecular formula is C21H31N3. The van der Waals surface area contributed by atoms with Gasteiger partial charge in [0, 0.05) is 24.5 Å². The van der Waals surface area contributed by atoms with E-state index < -0.39 is 0 Å². The Morgan fingerprint density at radius 2 is 2.17 bits per heavy atom. The minimum absolute atomic E-state index is 0.867. The summed E-state index contributed by atoms with van der Waals surface area (Å²) in [7, 11) is 1.98. The maximum atomic E-state index is 3.56. The van der Waals surface area contributed by atoms with Gasteiger partial charge < -0.3 is 16.0 Å². The van der Waals surface area contributed by atoms with Gasteiger partial charge in [0.1, 0.15) is 0 Å². The largest absolute Gasteiger partial charge is 0.359 e. The molecule has 0 aromatic heterocycles. The number of aryl methyl sites for hydroxylation is 1. The maximum absolute atomic E-state index is 3.56. The Hall–Kier alpha value is -1.84. The molecule has 130 valence electrons. The zero-order chi connectivity index (χ0) is 17.4. The molecule has 1 heterocycles. The van der Waals surface area contributed by atoms with Gasteiger partial charge >= 0.3 is 0 Å². The quantitative estimate of drug-likeness (QED) is 0.656. The SMILES string of the molecule is CC/C=C\C(CNC)=C(\C)Nc1ccc(C2=CCNCC2)c(C)c1. The topological polar surface area (TPSA) is 36.1 Å². The number of rotatable bonds is 7. The first-order valence-corrected chi connectivity index (χ1v) is 8.94. The van der Waals surface area contributed by atoms with E-state index in [4.69, 9.17) is 0 Å². The summed E-state index contributed by atoms with van der Waals surface area (Å²) in [5.74, 6) is 0. The second kappa shape index (κ2) is 9.45. The lowest BCUT2D eigenvalue weighted by molar-refractivity contribution is 0.738. The van der Waals surface area contributed by atoms with Crippen LogP contribution in [0.3, 0.4) is 0 Å². The van der Waals surface area contributed by atoms with E-state index in [9.17, 15) is 0 Å². The number of allylic oxidation sites excluding steroid dienone is 2. The molecule has 0 atom stereocenters. The molecule has 0 radical (unpaired) electrons. The molecule has 0 saturated heterocycles. The van der Waals surface area contributed by atoms with Crippen molar-refractivity contribution >= 4 is 11.3 Å². The van der Waals surface area contributed by atoms with Crippen LogP contribution in [0, 0.1) is 6.92 Å². The molecule has 0 bridgehead atoms. The van der Waals surface area contributed by atoms with Crippen molar-refractivity contribution in [1.82, 2.24) is 10.6 Å². The van der Waals surface area contributed by atoms with Gasteiger partial charge in [-0.2, -0.15) is 0 Å². The van der Waals surface area contributed by atoms with Crippen molar-refractivity contribution in [2.45, 2.75) is 33.6 Å². The summed E-state index contributed by atoms with van der Waals surface area (Å²) >= 11 is 0. The monoisotopic (exact) mass is 325 g/mol. The number of benzene rings is 1. The molecule has 0 aliphatic carbocycles. The molecule has 0 saturated carbocycles. The highest BCUT2D eigenvalue weighted by Gasteiger charge is 2.09.